The maximum Gasteiger partial charge on any atom is 0.270 e. The van der Waals surface area contributed by atoms with Crippen molar-refractivity contribution in [2.24, 2.45) is 0 Å². The van der Waals surface area contributed by atoms with Gasteiger partial charge in [-0.3, -0.25) is 4.79 Å². The lowest BCUT2D eigenvalue weighted by Gasteiger charge is -2.10. The lowest BCUT2D eigenvalue weighted by Crippen LogP contribution is -2.35. The molecule has 1 aliphatic heterocycles. The Morgan fingerprint density at radius 1 is 1.56 bits per heavy atom. The van der Waals surface area contributed by atoms with Crippen LogP contribution in [0.15, 0.2) is 18.3 Å². The molecule has 1 aromatic heterocycles. The minimum Gasteiger partial charge on any atom is -0.387 e. The second-order valence-electron chi connectivity index (χ2n) is 3.72. The van der Waals surface area contributed by atoms with Gasteiger partial charge in [0.25, 0.3) is 5.91 Å². The van der Waals surface area contributed by atoms with Gasteiger partial charge in [-0.15, -0.1) is 0 Å². The van der Waals surface area contributed by atoms with Crippen molar-refractivity contribution in [3.63, 3.8) is 0 Å². The van der Waals surface area contributed by atoms with E-state index in [0.717, 1.165) is 18.7 Å². The van der Waals surface area contributed by atoms with Gasteiger partial charge in [-0.1, -0.05) is 0 Å². The van der Waals surface area contributed by atoms with Crippen LogP contribution in [0, 0.1) is 0 Å². The van der Waals surface area contributed by atoms with Crippen molar-refractivity contribution < 1.29 is 9.53 Å². The van der Waals surface area contributed by atoms with Crippen molar-refractivity contribution in [2.45, 2.75) is 12.5 Å². The fraction of sp³-hybridized carbons (Fsp3) is 0.455. The molecular formula is C11H15N3O2. The molecule has 2 N–H and O–H groups in total. The highest BCUT2D eigenvalue weighted by molar-refractivity contribution is 5.92. The summed E-state index contributed by atoms with van der Waals surface area (Å²) < 4.78 is 5.19. The second kappa shape index (κ2) is 4.94. The van der Waals surface area contributed by atoms with E-state index in [9.17, 15) is 4.79 Å². The minimum absolute atomic E-state index is 0.123. The summed E-state index contributed by atoms with van der Waals surface area (Å²) in [6.07, 6.45) is 2.51. The third kappa shape index (κ3) is 2.49. The van der Waals surface area contributed by atoms with Gasteiger partial charge in [0.1, 0.15) is 5.69 Å². The van der Waals surface area contributed by atoms with E-state index in [1.807, 2.05) is 13.1 Å². The van der Waals surface area contributed by atoms with Gasteiger partial charge in [0.15, 0.2) is 0 Å². The highest BCUT2D eigenvalue weighted by atomic mass is 16.5. The van der Waals surface area contributed by atoms with E-state index in [0.29, 0.717) is 12.3 Å². The van der Waals surface area contributed by atoms with Crippen LogP contribution < -0.4 is 10.6 Å². The summed E-state index contributed by atoms with van der Waals surface area (Å²) in [6, 6.07) is 3.66. The van der Waals surface area contributed by atoms with Crippen LogP contribution in [0.3, 0.4) is 0 Å². The van der Waals surface area contributed by atoms with Gasteiger partial charge in [0.2, 0.25) is 0 Å². The molecule has 1 aliphatic rings. The van der Waals surface area contributed by atoms with Gasteiger partial charge in [-0.05, 0) is 18.6 Å². The molecule has 2 heterocycles. The predicted octanol–water partition coefficient (Wildman–Crippen LogP) is 0.642. The first-order valence-electron chi connectivity index (χ1n) is 5.32. The fourth-order valence-corrected chi connectivity index (χ4v) is 1.58. The Bertz CT molecular complexity index is 358. The summed E-state index contributed by atoms with van der Waals surface area (Å²) in [5.74, 6) is -0.141. The monoisotopic (exact) mass is 221 g/mol. The van der Waals surface area contributed by atoms with Crippen LogP contribution in [0.4, 0.5) is 5.69 Å². The Morgan fingerprint density at radius 3 is 3.00 bits per heavy atom. The molecule has 0 spiro atoms. The van der Waals surface area contributed by atoms with Crippen LogP contribution in [-0.4, -0.2) is 37.2 Å². The van der Waals surface area contributed by atoms with E-state index in [1.165, 1.54) is 0 Å². The number of nitrogens with one attached hydrogen (secondary N) is 2. The van der Waals surface area contributed by atoms with Crippen LogP contribution in [0.25, 0.3) is 0 Å². The molecule has 0 aromatic carbocycles. The maximum atomic E-state index is 11.8. The lowest BCUT2D eigenvalue weighted by molar-refractivity contribution is 0.0925. The smallest absolute Gasteiger partial charge is 0.270 e. The molecule has 1 amide bonds. The zero-order valence-electron chi connectivity index (χ0n) is 9.19. The topological polar surface area (TPSA) is 63.2 Å². The third-order valence-corrected chi connectivity index (χ3v) is 2.55. The van der Waals surface area contributed by atoms with Crippen molar-refractivity contribution in [2.75, 3.05) is 25.6 Å². The summed E-state index contributed by atoms with van der Waals surface area (Å²) in [5.41, 5.74) is 1.33. The molecule has 5 heteroatoms. The van der Waals surface area contributed by atoms with E-state index in [1.54, 1.807) is 12.3 Å². The Kier molecular flexibility index (Phi) is 3.36. The Labute approximate surface area is 94.2 Å². The molecule has 1 aromatic rings. The molecular weight excluding hydrogens is 206 g/mol. The average molecular weight is 221 g/mol. The summed E-state index contributed by atoms with van der Waals surface area (Å²) in [6.45, 7) is 1.32. The number of carbonyl (C=O) groups excluding carboxylic acids is 1. The number of hydrogen-bond acceptors (Lipinski definition) is 4. The number of aromatic nitrogens is 1. The first kappa shape index (κ1) is 10.9. The number of anilines is 1. The zero-order valence-corrected chi connectivity index (χ0v) is 9.19. The average Bonchev–Trinajstić information content (AvgIpc) is 2.82. The number of carbonyl (C=O) groups is 1. The van der Waals surface area contributed by atoms with Crippen molar-refractivity contribution in [3.05, 3.63) is 24.0 Å². The lowest BCUT2D eigenvalue weighted by atomic mass is 10.2. The molecule has 0 saturated carbocycles. The van der Waals surface area contributed by atoms with Crippen molar-refractivity contribution in [3.8, 4) is 0 Å². The zero-order chi connectivity index (χ0) is 11.4. The normalized spacial score (nSPS) is 19.4. The molecule has 2 rings (SSSR count). The van der Waals surface area contributed by atoms with Crippen molar-refractivity contribution in [1.29, 1.82) is 0 Å². The van der Waals surface area contributed by atoms with Crippen molar-refractivity contribution in [1.82, 2.24) is 10.3 Å². The van der Waals surface area contributed by atoms with Gasteiger partial charge in [0.05, 0.1) is 24.5 Å². The Morgan fingerprint density at radius 2 is 2.44 bits per heavy atom. The number of pyridine rings is 1. The molecule has 0 bridgehead atoms. The molecule has 1 unspecified atom stereocenters. The van der Waals surface area contributed by atoms with Gasteiger partial charge in [0, 0.05) is 13.7 Å². The quantitative estimate of drug-likeness (QED) is 0.786. The van der Waals surface area contributed by atoms with E-state index in [2.05, 4.69) is 15.6 Å². The van der Waals surface area contributed by atoms with Crippen LogP contribution in [0.1, 0.15) is 16.9 Å². The molecule has 0 radical (unpaired) electrons. The largest absolute Gasteiger partial charge is 0.387 e. The molecule has 1 atom stereocenters. The highest BCUT2D eigenvalue weighted by Gasteiger charge is 2.18. The first-order valence-corrected chi connectivity index (χ1v) is 5.32. The van der Waals surface area contributed by atoms with Crippen LogP contribution in [0.2, 0.25) is 0 Å². The van der Waals surface area contributed by atoms with E-state index in [4.69, 9.17) is 4.74 Å². The predicted molar refractivity (Wildman–Crippen MR) is 60.5 cm³/mol. The van der Waals surface area contributed by atoms with Crippen LogP contribution in [-0.2, 0) is 4.74 Å². The van der Waals surface area contributed by atoms with Crippen LogP contribution in [0.5, 0.6) is 0 Å². The van der Waals surface area contributed by atoms with E-state index in [-0.39, 0.29) is 11.9 Å². The Hall–Kier alpha value is -1.62. The number of hydrogen-bond donors (Lipinski definition) is 2. The fourth-order valence-electron chi connectivity index (χ4n) is 1.58. The SMILES string of the molecule is CNc1ccc(C(=O)NC2CCOC2)nc1. The maximum absolute atomic E-state index is 11.8. The standard InChI is InChI=1S/C11H15N3O2/c1-12-8-2-3-10(13-6-8)11(15)14-9-4-5-16-7-9/h2-3,6,9,12H,4-5,7H2,1H3,(H,14,15). The molecule has 5 nitrogen and oxygen atoms in total. The summed E-state index contributed by atoms with van der Waals surface area (Å²) in [4.78, 5) is 15.8. The summed E-state index contributed by atoms with van der Waals surface area (Å²) in [7, 11) is 1.81. The third-order valence-electron chi connectivity index (χ3n) is 2.55. The number of nitrogens with zero attached hydrogens (tertiary/aromatic N) is 1. The molecule has 16 heavy (non-hydrogen) atoms. The van der Waals surface area contributed by atoms with Gasteiger partial charge in [-0.2, -0.15) is 0 Å². The first-order chi connectivity index (χ1) is 7.79. The van der Waals surface area contributed by atoms with E-state index < -0.39 is 0 Å². The molecule has 1 fully saturated rings. The minimum atomic E-state index is -0.141. The molecule has 1 saturated heterocycles. The van der Waals surface area contributed by atoms with Crippen LogP contribution >= 0.6 is 0 Å². The van der Waals surface area contributed by atoms with Gasteiger partial charge >= 0.3 is 0 Å². The molecule has 86 valence electrons. The van der Waals surface area contributed by atoms with Gasteiger partial charge in [-0.25, -0.2) is 4.98 Å². The number of rotatable bonds is 3. The number of ether oxygens (including phenoxy) is 1. The second-order valence-corrected chi connectivity index (χ2v) is 3.72. The Balaban J connectivity index is 1.97. The van der Waals surface area contributed by atoms with Crippen molar-refractivity contribution >= 4 is 11.6 Å². The van der Waals surface area contributed by atoms with E-state index >= 15 is 0 Å². The number of amides is 1. The molecule has 0 aliphatic carbocycles. The van der Waals surface area contributed by atoms with Gasteiger partial charge < -0.3 is 15.4 Å². The summed E-state index contributed by atoms with van der Waals surface area (Å²) in [5, 5.41) is 5.84. The highest BCUT2D eigenvalue weighted by Crippen LogP contribution is 2.07. The summed E-state index contributed by atoms with van der Waals surface area (Å²) >= 11 is 0.